The van der Waals surface area contributed by atoms with Crippen molar-refractivity contribution in [2.45, 2.75) is 6.92 Å². The number of nitrogens with zero attached hydrogens (tertiary/aromatic N) is 2. The number of aromatic nitrogens is 2. The molecule has 0 atom stereocenters. The molecule has 0 amide bonds. The van der Waals surface area contributed by atoms with Gasteiger partial charge in [0.25, 0.3) is 0 Å². The van der Waals surface area contributed by atoms with Crippen LogP contribution in [-0.2, 0) is 7.05 Å². The molecule has 1 N–H and O–H groups in total. The molecule has 0 saturated carbocycles. The number of aromatic carboxylic acids is 1. The van der Waals surface area contributed by atoms with Gasteiger partial charge in [-0.2, -0.15) is 0 Å². The van der Waals surface area contributed by atoms with Crippen LogP contribution in [0.15, 0.2) is 18.2 Å². The van der Waals surface area contributed by atoms with Crippen molar-refractivity contribution in [1.82, 2.24) is 4.68 Å². The molecule has 2 aromatic rings. The first-order chi connectivity index (χ1) is 10.4. The first kappa shape index (κ1) is 15.7. The predicted octanol–water partition coefficient (Wildman–Crippen LogP) is 1.33. The van der Waals surface area contributed by atoms with Crippen LogP contribution < -0.4 is 18.9 Å². The Morgan fingerprint density at radius 2 is 1.64 bits per heavy atom. The van der Waals surface area contributed by atoms with E-state index in [9.17, 15) is 9.90 Å². The minimum Gasteiger partial charge on any atom is -0.493 e. The van der Waals surface area contributed by atoms with Gasteiger partial charge >= 0.3 is 11.7 Å². The summed E-state index contributed by atoms with van der Waals surface area (Å²) in [6.45, 7) is 1.83. The summed E-state index contributed by atoms with van der Waals surface area (Å²) in [5.41, 5.74) is 1.67. The quantitative estimate of drug-likeness (QED) is 0.844. The lowest BCUT2D eigenvalue weighted by molar-refractivity contribution is -0.746. The van der Waals surface area contributed by atoms with Gasteiger partial charge < -0.3 is 19.3 Å². The summed E-state index contributed by atoms with van der Waals surface area (Å²) >= 11 is 0. The summed E-state index contributed by atoms with van der Waals surface area (Å²) in [5, 5.41) is 9.23. The average Bonchev–Trinajstić information content (AvgIpc) is 2.80. The first-order valence-electron chi connectivity index (χ1n) is 6.56. The molecule has 7 heteroatoms. The van der Waals surface area contributed by atoms with Crippen molar-refractivity contribution in [3.8, 4) is 22.9 Å². The van der Waals surface area contributed by atoms with Gasteiger partial charge in [0, 0.05) is 18.2 Å². The number of carboxylic acid groups (broad SMARTS) is 1. The Morgan fingerprint density at radius 1 is 1.09 bits per heavy atom. The van der Waals surface area contributed by atoms with E-state index in [0.717, 1.165) is 5.69 Å². The molecule has 1 aromatic carbocycles. The molecule has 1 heterocycles. The molecule has 0 aliphatic heterocycles. The van der Waals surface area contributed by atoms with Crippen molar-refractivity contribution < 1.29 is 28.8 Å². The monoisotopic (exact) mass is 307 g/mol. The summed E-state index contributed by atoms with van der Waals surface area (Å²) < 4.78 is 19.3. The van der Waals surface area contributed by atoms with Crippen molar-refractivity contribution in [2.24, 2.45) is 7.05 Å². The number of hydrogen-bond acceptors (Lipinski definition) is 4. The largest absolute Gasteiger partial charge is 0.493 e. The van der Waals surface area contributed by atoms with Crippen LogP contribution in [0.4, 0.5) is 0 Å². The number of ether oxygens (including phenoxy) is 3. The second-order valence-corrected chi connectivity index (χ2v) is 4.70. The van der Waals surface area contributed by atoms with Crippen molar-refractivity contribution >= 4 is 5.97 Å². The number of hydrogen-bond donors (Lipinski definition) is 1. The highest BCUT2D eigenvalue weighted by Crippen LogP contribution is 2.39. The second kappa shape index (κ2) is 5.97. The lowest BCUT2D eigenvalue weighted by atomic mass is 10.2. The fourth-order valence-corrected chi connectivity index (χ4v) is 2.46. The summed E-state index contributed by atoms with van der Waals surface area (Å²) in [5.74, 6) is 0.500. The number of carboxylic acids is 1. The molecule has 0 aliphatic carbocycles. The first-order valence-corrected chi connectivity index (χ1v) is 6.56. The Bertz CT molecular complexity index is 696. The third kappa shape index (κ3) is 2.45. The van der Waals surface area contributed by atoms with Crippen LogP contribution in [0.3, 0.4) is 0 Å². The second-order valence-electron chi connectivity index (χ2n) is 4.70. The minimum absolute atomic E-state index is 0.186. The molecule has 0 fully saturated rings. The van der Waals surface area contributed by atoms with Gasteiger partial charge in [0.2, 0.25) is 5.75 Å². The topological polar surface area (TPSA) is 73.8 Å². The molecule has 7 nitrogen and oxygen atoms in total. The molecule has 0 spiro atoms. The van der Waals surface area contributed by atoms with Gasteiger partial charge in [0.1, 0.15) is 5.69 Å². The predicted molar refractivity (Wildman–Crippen MR) is 78.3 cm³/mol. The number of methoxy groups -OCH3 is 3. The highest BCUT2D eigenvalue weighted by Gasteiger charge is 2.26. The third-order valence-corrected chi connectivity index (χ3v) is 3.44. The van der Waals surface area contributed by atoms with Gasteiger partial charge in [-0.3, -0.25) is 0 Å². The molecule has 0 unspecified atom stereocenters. The van der Waals surface area contributed by atoms with E-state index in [-0.39, 0.29) is 5.69 Å². The normalized spacial score (nSPS) is 10.4. The third-order valence-electron chi connectivity index (χ3n) is 3.44. The SMILES string of the molecule is COc1cc(-n2c(C)cc(C(=O)O)[n+]2C)cc(OC)c1OC. The Labute approximate surface area is 128 Å². The number of benzene rings is 1. The van der Waals surface area contributed by atoms with Gasteiger partial charge in [-0.25, -0.2) is 4.79 Å². The molecule has 1 aromatic heterocycles. The smallest absolute Gasteiger partial charge is 0.403 e. The van der Waals surface area contributed by atoms with Gasteiger partial charge in [0.15, 0.2) is 18.5 Å². The zero-order valence-corrected chi connectivity index (χ0v) is 13.2. The Morgan fingerprint density at radius 3 is 2.00 bits per heavy atom. The van der Waals surface area contributed by atoms with Crippen molar-refractivity contribution in [3.63, 3.8) is 0 Å². The van der Waals surface area contributed by atoms with Crippen molar-refractivity contribution in [1.29, 1.82) is 0 Å². The Kier molecular flexibility index (Phi) is 4.25. The highest BCUT2D eigenvalue weighted by molar-refractivity contribution is 5.83. The van der Waals surface area contributed by atoms with Crippen LogP contribution >= 0.6 is 0 Å². The van der Waals surface area contributed by atoms with Gasteiger partial charge in [0.05, 0.1) is 27.0 Å². The van der Waals surface area contributed by atoms with E-state index in [2.05, 4.69) is 0 Å². The zero-order valence-electron chi connectivity index (χ0n) is 13.2. The van der Waals surface area contributed by atoms with Gasteiger partial charge in [-0.15, -0.1) is 4.68 Å². The maximum Gasteiger partial charge on any atom is 0.403 e. The standard InChI is InChI=1S/C15H18N2O5/c1-9-6-11(15(18)19)16(2)17(9)10-7-12(20-3)14(22-5)13(8-10)21-4/h6-8H,1-5H3/p+1. The Balaban J connectivity index is 2.71. The van der Waals surface area contributed by atoms with Crippen LogP contribution in [0.2, 0.25) is 0 Å². The van der Waals surface area contributed by atoms with E-state index in [0.29, 0.717) is 22.9 Å². The van der Waals surface area contributed by atoms with E-state index in [1.807, 2.05) is 6.92 Å². The van der Waals surface area contributed by atoms with Crippen LogP contribution in [0.1, 0.15) is 16.2 Å². The van der Waals surface area contributed by atoms with E-state index in [1.54, 1.807) is 34.6 Å². The average molecular weight is 307 g/mol. The molecule has 2 rings (SSSR count). The number of carbonyl (C=O) groups is 1. The summed E-state index contributed by atoms with van der Waals surface area (Å²) in [4.78, 5) is 11.3. The maximum atomic E-state index is 11.3. The van der Waals surface area contributed by atoms with Crippen LogP contribution in [0.5, 0.6) is 17.2 Å². The molecule has 0 aliphatic rings. The Hall–Kier alpha value is -2.70. The van der Waals surface area contributed by atoms with Crippen LogP contribution in [0, 0.1) is 6.92 Å². The lowest BCUT2D eigenvalue weighted by Gasteiger charge is -2.14. The fraction of sp³-hybridized carbons (Fsp3) is 0.333. The molecular weight excluding hydrogens is 288 g/mol. The highest BCUT2D eigenvalue weighted by atomic mass is 16.5. The summed E-state index contributed by atoms with van der Waals surface area (Å²) in [6.07, 6.45) is 0. The number of rotatable bonds is 5. The lowest BCUT2D eigenvalue weighted by Crippen LogP contribution is -2.43. The van der Waals surface area contributed by atoms with Crippen molar-refractivity contribution in [2.75, 3.05) is 21.3 Å². The van der Waals surface area contributed by atoms with Crippen LogP contribution in [0.25, 0.3) is 5.69 Å². The summed E-state index contributed by atoms with van der Waals surface area (Å²) in [7, 11) is 6.28. The van der Waals surface area contributed by atoms with E-state index in [4.69, 9.17) is 14.2 Å². The molecule has 118 valence electrons. The zero-order chi connectivity index (χ0) is 16.4. The molecule has 0 radical (unpaired) electrons. The molecule has 0 saturated heterocycles. The molecule has 22 heavy (non-hydrogen) atoms. The van der Waals surface area contributed by atoms with E-state index in [1.165, 1.54) is 21.3 Å². The van der Waals surface area contributed by atoms with Gasteiger partial charge in [-0.1, -0.05) is 4.68 Å². The maximum absolute atomic E-state index is 11.3. The minimum atomic E-state index is -0.989. The number of aryl methyl sites for hydroxylation is 1. The molecule has 0 bridgehead atoms. The van der Waals surface area contributed by atoms with Gasteiger partial charge in [-0.05, 0) is 6.92 Å². The summed E-state index contributed by atoms with van der Waals surface area (Å²) in [6, 6.07) is 5.13. The van der Waals surface area contributed by atoms with E-state index >= 15 is 0 Å². The van der Waals surface area contributed by atoms with Crippen LogP contribution in [-0.4, -0.2) is 37.1 Å². The fourth-order valence-electron chi connectivity index (χ4n) is 2.46. The molecular formula is C15H19N2O5+. The van der Waals surface area contributed by atoms with E-state index < -0.39 is 5.97 Å². The van der Waals surface area contributed by atoms with Crippen molar-refractivity contribution in [3.05, 3.63) is 29.6 Å².